The van der Waals surface area contributed by atoms with Crippen molar-refractivity contribution in [2.75, 3.05) is 5.32 Å². The van der Waals surface area contributed by atoms with Gasteiger partial charge in [0.2, 0.25) is 13.9 Å². The lowest BCUT2D eigenvalue weighted by Gasteiger charge is -2.12. The van der Waals surface area contributed by atoms with Crippen molar-refractivity contribution in [3.05, 3.63) is 11.8 Å². The van der Waals surface area contributed by atoms with Crippen LogP contribution in [0.2, 0.25) is 0 Å². The van der Waals surface area contributed by atoms with Gasteiger partial charge < -0.3 is 9.75 Å². The standard InChI is InChI=1S/C8H12BN3O2/c1-8(2,3)5-4-6(14-12-5)10-7(13)11-9/h4H,1-3H3,(H2,10,11,13). The highest BCUT2D eigenvalue weighted by atomic mass is 16.5. The molecule has 0 spiro atoms. The molecule has 14 heavy (non-hydrogen) atoms. The minimum absolute atomic E-state index is 0.109. The maximum Gasteiger partial charge on any atom is 0.308 e. The van der Waals surface area contributed by atoms with E-state index in [2.05, 4.69) is 10.5 Å². The van der Waals surface area contributed by atoms with E-state index >= 15 is 0 Å². The normalized spacial score (nSPS) is 11.1. The summed E-state index contributed by atoms with van der Waals surface area (Å²) in [5, 5.41) is 8.12. The fourth-order valence-corrected chi connectivity index (χ4v) is 0.836. The topological polar surface area (TPSA) is 67.2 Å². The number of urea groups is 1. The monoisotopic (exact) mass is 193 g/mol. The molecule has 1 heterocycles. The Morgan fingerprint density at radius 1 is 1.57 bits per heavy atom. The first-order chi connectivity index (χ1) is 6.43. The summed E-state index contributed by atoms with van der Waals surface area (Å²) >= 11 is 0. The van der Waals surface area contributed by atoms with Crippen LogP contribution in [0.15, 0.2) is 10.6 Å². The summed E-state index contributed by atoms with van der Waals surface area (Å²) in [6.07, 6.45) is 0. The third-order valence-corrected chi connectivity index (χ3v) is 1.65. The molecule has 0 saturated carbocycles. The molecule has 2 radical (unpaired) electrons. The zero-order valence-corrected chi connectivity index (χ0v) is 8.42. The number of aromatic nitrogens is 1. The highest BCUT2D eigenvalue weighted by Gasteiger charge is 2.19. The minimum atomic E-state index is -0.540. The number of carbonyl (C=O) groups is 1. The van der Waals surface area contributed by atoms with Gasteiger partial charge in [0.25, 0.3) is 0 Å². The predicted octanol–water partition coefficient (Wildman–Crippen LogP) is 1.18. The van der Waals surface area contributed by atoms with Crippen molar-refractivity contribution in [3.63, 3.8) is 0 Å². The minimum Gasteiger partial charge on any atom is -0.391 e. The van der Waals surface area contributed by atoms with Crippen molar-refractivity contribution in [2.24, 2.45) is 0 Å². The van der Waals surface area contributed by atoms with E-state index in [1.807, 2.05) is 26.0 Å². The molecule has 5 nitrogen and oxygen atoms in total. The maximum atomic E-state index is 10.8. The van der Waals surface area contributed by atoms with E-state index in [1.54, 1.807) is 6.07 Å². The lowest BCUT2D eigenvalue weighted by Crippen LogP contribution is -2.25. The van der Waals surface area contributed by atoms with Crippen molar-refractivity contribution >= 4 is 19.9 Å². The van der Waals surface area contributed by atoms with Crippen LogP contribution >= 0.6 is 0 Å². The molecule has 0 unspecified atom stereocenters. The Bertz CT molecular complexity index is 330. The average molecular weight is 193 g/mol. The Balaban J connectivity index is 2.74. The zero-order chi connectivity index (χ0) is 10.8. The highest BCUT2D eigenvalue weighted by molar-refractivity contribution is 6.16. The summed E-state index contributed by atoms with van der Waals surface area (Å²) in [6.45, 7) is 5.99. The van der Waals surface area contributed by atoms with Crippen LogP contribution in [-0.4, -0.2) is 19.2 Å². The smallest absolute Gasteiger partial charge is 0.308 e. The maximum absolute atomic E-state index is 10.8. The molecule has 1 rings (SSSR count). The van der Waals surface area contributed by atoms with Crippen LogP contribution in [0.1, 0.15) is 26.5 Å². The van der Waals surface area contributed by atoms with Crippen LogP contribution in [0.25, 0.3) is 0 Å². The van der Waals surface area contributed by atoms with Gasteiger partial charge in [-0.3, -0.25) is 5.32 Å². The van der Waals surface area contributed by atoms with Gasteiger partial charge in [-0.15, -0.1) is 0 Å². The number of hydrogen-bond donors (Lipinski definition) is 2. The summed E-state index contributed by atoms with van der Waals surface area (Å²) in [5.74, 6) is 0.276. The van der Waals surface area contributed by atoms with Crippen LogP contribution < -0.4 is 10.5 Å². The van der Waals surface area contributed by atoms with Crippen LogP contribution in [0.3, 0.4) is 0 Å². The van der Waals surface area contributed by atoms with Gasteiger partial charge in [-0.2, -0.15) is 0 Å². The molecule has 0 aliphatic rings. The Morgan fingerprint density at radius 2 is 2.21 bits per heavy atom. The molecule has 0 bridgehead atoms. The second-order valence-electron chi connectivity index (χ2n) is 3.92. The predicted molar refractivity (Wildman–Crippen MR) is 53.1 cm³/mol. The number of amides is 2. The van der Waals surface area contributed by atoms with Crippen molar-refractivity contribution in [3.8, 4) is 0 Å². The summed E-state index contributed by atoms with van der Waals surface area (Å²) in [7, 11) is 4.89. The van der Waals surface area contributed by atoms with Gasteiger partial charge in [-0.25, -0.2) is 4.79 Å². The summed E-state index contributed by atoms with van der Waals surface area (Å²) in [4.78, 5) is 10.8. The van der Waals surface area contributed by atoms with Crippen LogP contribution in [0, 0.1) is 0 Å². The van der Waals surface area contributed by atoms with E-state index in [-0.39, 0.29) is 11.3 Å². The third-order valence-electron chi connectivity index (χ3n) is 1.65. The summed E-state index contributed by atoms with van der Waals surface area (Å²) in [5.41, 5.74) is 0.660. The lowest BCUT2D eigenvalue weighted by atomic mass is 9.92. The molecule has 6 heteroatoms. The number of nitrogens with zero attached hydrogens (tertiary/aromatic N) is 1. The van der Waals surface area contributed by atoms with E-state index in [1.165, 1.54) is 0 Å². The SMILES string of the molecule is [B]NC(=O)Nc1cc(C(C)(C)C)no1. The highest BCUT2D eigenvalue weighted by Crippen LogP contribution is 2.23. The average Bonchev–Trinajstić information content (AvgIpc) is 2.51. The van der Waals surface area contributed by atoms with E-state index < -0.39 is 6.03 Å². The number of hydrogen-bond acceptors (Lipinski definition) is 3. The molecule has 0 aliphatic carbocycles. The van der Waals surface area contributed by atoms with Crippen LogP contribution in [-0.2, 0) is 5.41 Å². The first-order valence-corrected chi connectivity index (χ1v) is 4.18. The molecule has 0 aliphatic heterocycles. The summed E-state index contributed by atoms with van der Waals surface area (Å²) in [6, 6.07) is 1.12. The van der Waals surface area contributed by atoms with E-state index in [0.29, 0.717) is 0 Å². The number of carbonyl (C=O) groups excluding carboxylic acids is 1. The van der Waals surface area contributed by atoms with Gasteiger partial charge in [-0.1, -0.05) is 25.9 Å². The molecular weight excluding hydrogens is 181 g/mol. The second-order valence-corrected chi connectivity index (χ2v) is 3.92. The molecule has 1 aromatic heterocycles. The first-order valence-electron chi connectivity index (χ1n) is 4.18. The number of rotatable bonds is 1. The molecule has 2 N–H and O–H groups in total. The van der Waals surface area contributed by atoms with Crippen LogP contribution in [0.5, 0.6) is 0 Å². The molecule has 0 aromatic carbocycles. The van der Waals surface area contributed by atoms with Gasteiger partial charge in [0.05, 0.1) is 5.69 Å². The lowest BCUT2D eigenvalue weighted by molar-refractivity contribution is 0.256. The van der Waals surface area contributed by atoms with Crippen molar-refractivity contribution in [1.82, 2.24) is 10.4 Å². The van der Waals surface area contributed by atoms with E-state index in [9.17, 15) is 4.79 Å². The molecule has 0 fully saturated rings. The van der Waals surface area contributed by atoms with Gasteiger partial charge in [0.15, 0.2) is 0 Å². The van der Waals surface area contributed by atoms with Gasteiger partial charge in [0.1, 0.15) is 0 Å². The number of anilines is 1. The van der Waals surface area contributed by atoms with Gasteiger partial charge in [-0.05, 0) is 0 Å². The molecule has 2 amide bonds. The van der Waals surface area contributed by atoms with Crippen molar-refractivity contribution < 1.29 is 9.32 Å². The Kier molecular flexibility index (Phi) is 2.83. The van der Waals surface area contributed by atoms with Crippen molar-refractivity contribution in [1.29, 1.82) is 0 Å². The molecule has 0 atom stereocenters. The van der Waals surface area contributed by atoms with Crippen LogP contribution in [0.4, 0.5) is 10.7 Å². The molecule has 0 saturated heterocycles. The number of nitrogens with one attached hydrogen (secondary N) is 2. The van der Waals surface area contributed by atoms with E-state index in [0.717, 1.165) is 5.69 Å². The van der Waals surface area contributed by atoms with Gasteiger partial charge in [0, 0.05) is 11.5 Å². The Hall–Kier alpha value is -1.46. The largest absolute Gasteiger partial charge is 0.391 e. The Morgan fingerprint density at radius 3 is 2.64 bits per heavy atom. The molecular formula is C8H12BN3O2. The zero-order valence-electron chi connectivity index (χ0n) is 8.42. The summed E-state index contributed by atoms with van der Waals surface area (Å²) < 4.78 is 4.89. The first kappa shape index (κ1) is 10.6. The van der Waals surface area contributed by atoms with Crippen molar-refractivity contribution in [2.45, 2.75) is 26.2 Å². The van der Waals surface area contributed by atoms with Gasteiger partial charge >= 0.3 is 6.03 Å². The molecule has 74 valence electrons. The molecule has 1 aromatic rings. The quantitative estimate of drug-likeness (QED) is 0.658. The van der Waals surface area contributed by atoms with E-state index in [4.69, 9.17) is 12.5 Å². The third kappa shape index (κ3) is 2.51. The second kappa shape index (κ2) is 3.73. The Labute approximate surface area is 83.7 Å². The fourth-order valence-electron chi connectivity index (χ4n) is 0.836. The fraction of sp³-hybridized carbons (Fsp3) is 0.500.